The van der Waals surface area contributed by atoms with E-state index in [0.29, 0.717) is 16.0 Å². The predicted octanol–water partition coefficient (Wildman–Crippen LogP) is 2.10. The summed E-state index contributed by atoms with van der Waals surface area (Å²) in [6.45, 7) is 3.72. The number of benzene rings is 1. The predicted molar refractivity (Wildman–Crippen MR) is 85.3 cm³/mol. The van der Waals surface area contributed by atoms with Gasteiger partial charge in [0.15, 0.2) is 0 Å². The van der Waals surface area contributed by atoms with Crippen molar-refractivity contribution in [3.63, 3.8) is 0 Å². The van der Waals surface area contributed by atoms with Gasteiger partial charge in [-0.05, 0) is 28.1 Å². The van der Waals surface area contributed by atoms with Crippen molar-refractivity contribution >= 4 is 37.4 Å². The molecule has 0 aliphatic carbocycles. The number of halogens is 1. The zero-order chi connectivity index (χ0) is 16.3. The van der Waals surface area contributed by atoms with E-state index in [4.69, 9.17) is 0 Å². The standard InChI is InChI=1S/C13H15BrN4O3S/c1-8(2)12-16-13(18-17-12)22(20,21)7-11(19)15-10-6-4-3-5-9(10)14/h3-6,8H,7H2,1-2H3,(H,15,19)(H,16,17,18). The lowest BCUT2D eigenvalue weighted by molar-refractivity contribution is -0.113. The molecule has 0 spiro atoms. The Morgan fingerprint density at radius 3 is 2.64 bits per heavy atom. The number of amides is 1. The largest absolute Gasteiger partial charge is 0.324 e. The van der Waals surface area contributed by atoms with Crippen molar-refractivity contribution in [2.75, 3.05) is 11.1 Å². The van der Waals surface area contributed by atoms with Crippen LogP contribution in [0.1, 0.15) is 25.6 Å². The number of rotatable bonds is 5. The van der Waals surface area contributed by atoms with Gasteiger partial charge in [-0.1, -0.05) is 26.0 Å². The van der Waals surface area contributed by atoms with Crippen LogP contribution in [0.15, 0.2) is 33.9 Å². The van der Waals surface area contributed by atoms with Crippen LogP contribution in [-0.2, 0) is 14.6 Å². The van der Waals surface area contributed by atoms with Crippen molar-refractivity contribution in [1.82, 2.24) is 15.2 Å². The fourth-order valence-corrected chi connectivity index (χ4v) is 2.99. The van der Waals surface area contributed by atoms with Crippen LogP contribution in [-0.4, -0.2) is 35.3 Å². The first kappa shape index (κ1) is 16.6. The van der Waals surface area contributed by atoms with Crippen LogP contribution in [0.2, 0.25) is 0 Å². The molecule has 7 nitrogen and oxygen atoms in total. The highest BCUT2D eigenvalue weighted by molar-refractivity contribution is 9.10. The van der Waals surface area contributed by atoms with Gasteiger partial charge in [-0.25, -0.2) is 13.4 Å². The molecule has 0 radical (unpaired) electrons. The molecule has 2 aromatic rings. The average Bonchev–Trinajstić information content (AvgIpc) is 2.91. The summed E-state index contributed by atoms with van der Waals surface area (Å²) in [5.41, 5.74) is 0.501. The highest BCUT2D eigenvalue weighted by Crippen LogP contribution is 2.21. The molecule has 1 heterocycles. The van der Waals surface area contributed by atoms with E-state index >= 15 is 0 Å². The lowest BCUT2D eigenvalue weighted by Gasteiger charge is -2.06. The Bertz CT molecular complexity index is 786. The molecule has 0 saturated carbocycles. The number of H-pyrrole nitrogens is 1. The number of aromatic amines is 1. The average molecular weight is 387 g/mol. The minimum atomic E-state index is -3.89. The van der Waals surface area contributed by atoms with Gasteiger partial charge in [-0.15, -0.1) is 5.10 Å². The molecule has 1 aromatic carbocycles. The Morgan fingerprint density at radius 1 is 1.36 bits per heavy atom. The number of anilines is 1. The van der Waals surface area contributed by atoms with E-state index in [1.54, 1.807) is 24.3 Å². The number of carbonyl (C=O) groups excluding carboxylic acids is 1. The van der Waals surface area contributed by atoms with Crippen molar-refractivity contribution in [1.29, 1.82) is 0 Å². The number of para-hydroxylation sites is 1. The number of carbonyl (C=O) groups is 1. The highest BCUT2D eigenvalue weighted by atomic mass is 79.9. The minimum Gasteiger partial charge on any atom is -0.324 e. The van der Waals surface area contributed by atoms with Crippen LogP contribution < -0.4 is 5.32 Å². The van der Waals surface area contributed by atoms with Crippen LogP contribution in [0, 0.1) is 0 Å². The van der Waals surface area contributed by atoms with Crippen LogP contribution in [0.4, 0.5) is 5.69 Å². The monoisotopic (exact) mass is 386 g/mol. The van der Waals surface area contributed by atoms with Gasteiger partial charge in [-0.3, -0.25) is 9.89 Å². The summed E-state index contributed by atoms with van der Waals surface area (Å²) in [7, 11) is -3.89. The third-order valence-electron chi connectivity index (χ3n) is 2.78. The SMILES string of the molecule is CC(C)c1nc(S(=O)(=O)CC(=O)Nc2ccccc2Br)n[nH]1. The molecule has 2 N–H and O–H groups in total. The first-order chi connectivity index (χ1) is 10.3. The van der Waals surface area contributed by atoms with Crippen molar-refractivity contribution in [2.45, 2.75) is 24.9 Å². The number of nitrogens with zero attached hydrogens (tertiary/aromatic N) is 2. The quantitative estimate of drug-likeness (QED) is 0.818. The maximum Gasteiger partial charge on any atom is 0.267 e. The third-order valence-corrected chi connectivity index (χ3v) is 4.85. The van der Waals surface area contributed by atoms with E-state index in [0.717, 1.165) is 0 Å². The molecule has 0 bridgehead atoms. The normalized spacial score (nSPS) is 11.6. The Labute approximate surface area is 136 Å². The number of aromatic nitrogens is 3. The molecule has 2 rings (SSSR count). The zero-order valence-electron chi connectivity index (χ0n) is 12.0. The molecule has 9 heteroatoms. The van der Waals surface area contributed by atoms with Gasteiger partial charge in [-0.2, -0.15) is 0 Å². The van der Waals surface area contributed by atoms with E-state index in [-0.39, 0.29) is 11.1 Å². The zero-order valence-corrected chi connectivity index (χ0v) is 14.4. The van der Waals surface area contributed by atoms with Gasteiger partial charge in [0.2, 0.25) is 15.7 Å². The van der Waals surface area contributed by atoms with Crippen molar-refractivity contribution in [2.24, 2.45) is 0 Å². The van der Waals surface area contributed by atoms with E-state index in [1.165, 1.54) is 0 Å². The van der Waals surface area contributed by atoms with Crippen molar-refractivity contribution in [3.05, 3.63) is 34.6 Å². The van der Waals surface area contributed by atoms with Gasteiger partial charge in [0.25, 0.3) is 5.16 Å². The molecule has 0 aliphatic heterocycles. The summed E-state index contributed by atoms with van der Waals surface area (Å²) >= 11 is 3.27. The van der Waals surface area contributed by atoms with Gasteiger partial charge in [0, 0.05) is 10.4 Å². The Balaban J connectivity index is 2.11. The Hall–Kier alpha value is -1.74. The first-order valence-corrected chi connectivity index (χ1v) is 8.93. The fraction of sp³-hybridized carbons (Fsp3) is 0.308. The molecular weight excluding hydrogens is 372 g/mol. The van der Waals surface area contributed by atoms with Crippen LogP contribution in [0.25, 0.3) is 0 Å². The van der Waals surface area contributed by atoms with Gasteiger partial charge in [0.05, 0.1) is 5.69 Å². The lowest BCUT2D eigenvalue weighted by atomic mass is 10.2. The molecule has 0 saturated heterocycles. The highest BCUT2D eigenvalue weighted by Gasteiger charge is 2.25. The summed E-state index contributed by atoms with van der Waals surface area (Å²) in [4.78, 5) is 15.8. The summed E-state index contributed by atoms with van der Waals surface area (Å²) in [5.74, 6) is -0.887. The second kappa shape index (κ2) is 6.57. The molecule has 22 heavy (non-hydrogen) atoms. The maximum absolute atomic E-state index is 12.1. The molecule has 1 amide bonds. The number of nitrogens with one attached hydrogen (secondary N) is 2. The molecular formula is C13H15BrN4O3S. The fourth-order valence-electron chi connectivity index (χ4n) is 1.64. The maximum atomic E-state index is 12.1. The smallest absolute Gasteiger partial charge is 0.267 e. The molecule has 0 fully saturated rings. The summed E-state index contributed by atoms with van der Waals surface area (Å²) in [6, 6.07) is 6.93. The lowest BCUT2D eigenvalue weighted by Crippen LogP contribution is -2.24. The summed E-state index contributed by atoms with van der Waals surface area (Å²) in [5, 5.41) is 8.41. The van der Waals surface area contributed by atoms with Crippen molar-refractivity contribution < 1.29 is 13.2 Å². The van der Waals surface area contributed by atoms with E-state index in [1.807, 2.05) is 13.8 Å². The Kier molecular flexibility index (Phi) is 4.97. The topological polar surface area (TPSA) is 105 Å². The molecule has 0 unspecified atom stereocenters. The Morgan fingerprint density at radius 2 is 2.05 bits per heavy atom. The van der Waals surface area contributed by atoms with Gasteiger partial charge >= 0.3 is 0 Å². The number of sulfone groups is 1. The molecule has 118 valence electrons. The summed E-state index contributed by atoms with van der Waals surface area (Å²) in [6.07, 6.45) is 0. The molecule has 0 atom stereocenters. The summed E-state index contributed by atoms with van der Waals surface area (Å²) < 4.78 is 24.9. The van der Waals surface area contributed by atoms with E-state index < -0.39 is 21.5 Å². The van der Waals surface area contributed by atoms with Crippen molar-refractivity contribution in [3.8, 4) is 0 Å². The minimum absolute atomic E-state index is 0.0190. The number of hydrogen-bond acceptors (Lipinski definition) is 5. The van der Waals surface area contributed by atoms with Gasteiger partial charge in [0.1, 0.15) is 11.6 Å². The first-order valence-electron chi connectivity index (χ1n) is 6.49. The van der Waals surface area contributed by atoms with Gasteiger partial charge < -0.3 is 5.32 Å². The van der Waals surface area contributed by atoms with Crippen LogP contribution in [0.5, 0.6) is 0 Å². The second-order valence-electron chi connectivity index (χ2n) is 4.95. The van der Waals surface area contributed by atoms with E-state index in [9.17, 15) is 13.2 Å². The molecule has 1 aromatic heterocycles. The van der Waals surface area contributed by atoms with Crippen LogP contribution >= 0.6 is 15.9 Å². The van der Waals surface area contributed by atoms with Crippen LogP contribution in [0.3, 0.4) is 0 Å². The number of hydrogen-bond donors (Lipinski definition) is 2. The van der Waals surface area contributed by atoms with E-state index in [2.05, 4.69) is 36.4 Å². The second-order valence-corrected chi connectivity index (χ2v) is 7.68. The molecule has 0 aliphatic rings. The third kappa shape index (κ3) is 3.92.